The van der Waals surface area contributed by atoms with Crippen molar-refractivity contribution >= 4 is 11.8 Å². The summed E-state index contributed by atoms with van der Waals surface area (Å²) in [6.07, 6.45) is 5.65. The van der Waals surface area contributed by atoms with Gasteiger partial charge in [0.05, 0.1) is 13.0 Å². The normalized spacial score (nSPS) is 33.4. The maximum Gasteiger partial charge on any atom is 0.308 e. The molecule has 0 aliphatic heterocycles. The number of ether oxygens (including phenoxy) is 1. The molecule has 0 radical (unpaired) electrons. The fourth-order valence-electron chi connectivity index (χ4n) is 3.53. The van der Waals surface area contributed by atoms with Gasteiger partial charge < -0.3 is 4.74 Å². The van der Waals surface area contributed by atoms with Gasteiger partial charge in [-0.25, -0.2) is 0 Å². The summed E-state index contributed by atoms with van der Waals surface area (Å²) in [5.41, 5.74) is 1.35. The lowest BCUT2D eigenvalue weighted by Gasteiger charge is -2.40. The topological polar surface area (TPSA) is 43.4 Å². The minimum Gasteiger partial charge on any atom is -0.469 e. The van der Waals surface area contributed by atoms with Gasteiger partial charge in [-0.3, -0.25) is 9.59 Å². The minimum atomic E-state index is -0.148. The first-order valence-corrected chi connectivity index (χ1v) is 6.82. The summed E-state index contributed by atoms with van der Waals surface area (Å²) in [5.74, 6) is 0.767. The van der Waals surface area contributed by atoms with Crippen LogP contribution in [0.1, 0.15) is 39.5 Å². The molecule has 0 spiro atoms. The van der Waals surface area contributed by atoms with Crippen LogP contribution in [-0.2, 0) is 14.3 Å². The van der Waals surface area contributed by atoms with Crippen molar-refractivity contribution in [2.75, 3.05) is 7.11 Å². The lowest BCUT2D eigenvalue weighted by atomic mass is 9.63. The first kappa shape index (κ1) is 13.3. The number of carbonyl (C=O) groups excluding carboxylic acids is 2. The average Bonchev–Trinajstić information content (AvgIpc) is 2.37. The highest BCUT2D eigenvalue weighted by Gasteiger charge is 2.42. The molecule has 2 rings (SSSR count). The zero-order valence-electron chi connectivity index (χ0n) is 11.4. The van der Waals surface area contributed by atoms with Crippen LogP contribution in [0.5, 0.6) is 0 Å². The van der Waals surface area contributed by atoms with Gasteiger partial charge in [0, 0.05) is 12.3 Å². The van der Waals surface area contributed by atoms with E-state index in [1.165, 1.54) is 12.7 Å². The highest BCUT2D eigenvalue weighted by molar-refractivity contribution is 5.83. The van der Waals surface area contributed by atoms with Crippen molar-refractivity contribution in [3.63, 3.8) is 0 Å². The van der Waals surface area contributed by atoms with Gasteiger partial charge in [0.25, 0.3) is 0 Å². The molecule has 4 atom stereocenters. The van der Waals surface area contributed by atoms with Gasteiger partial charge in [0.15, 0.2) is 0 Å². The van der Waals surface area contributed by atoms with Crippen LogP contribution >= 0.6 is 0 Å². The molecule has 3 nitrogen and oxygen atoms in total. The molecule has 100 valence electrons. The molecule has 0 aromatic rings. The summed E-state index contributed by atoms with van der Waals surface area (Å²) in [6, 6.07) is 0. The summed E-state index contributed by atoms with van der Waals surface area (Å²) < 4.78 is 4.85. The Kier molecular flexibility index (Phi) is 3.88. The van der Waals surface area contributed by atoms with E-state index in [0.29, 0.717) is 12.2 Å². The zero-order chi connectivity index (χ0) is 13.3. The van der Waals surface area contributed by atoms with Crippen LogP contribution in [0.4, 0.5) is 0 Å². The molecular weight excluding hydrogens is 228 g/mol. The van der Waals surface area contributed by atoms with Gasteiger partial charge in [-0.15, -0.1) is 0 Å². The quantitative estimate of drug-likeness (QED) is 0.559. The van der Waals surface area contributed by atoms with Gasteiger partial charge in [-0.05, 0) is 38.0 Å². The second-order valence-corrected chi connectivity index (χ2v) is 5.72. The van der Waals surface area contributed by atoms with E-state index in [1.54, 1.807) is 0 Å². The van der Waals surface area contributed by atoms with Gasteiger partial charge in [0.2, 0.25) is 0 Å². The lowest BCUT2D eigenvalue weighted by Crippen LogP contribution is -2.40. The molecule has 18 heavy (non-hydrogen) atoms. The van der Waals surface area contributed by atoms with Gasteiger partial charge in [-0.1, -0.05) is 18.6 Å². The summed E-state index contributed by atoms with van der Waals surface area (Å²) in [4.78, 5) is 23.7. The largest absolute Gasteiger partial charge is 0.469 e. The van der Waals surface area contributed by atoms with E-state index in [4.69, 9.17) is 4.74 Å². The number of hydrogen-bond acceptors (Lipinski definition) is 3. The fraction of sp³-hybridized carbons (Fsp3) is 0.733. The van der Waals surface area contributed by atoms with Crippen LogP contribution in [0.3, 0.4) is 0 Å². The highest BCUT2D eigenvalue weighted by atomic mass is 16.5. The number of Topliss-reactive ketones (excluding diaryl/α,β-unsaturated/α-hetero) is 1. The standard InChI is InChI=1S/C15H22O3/c1-9-4-5-12-13(8-9)11(6-7-14(12)16)10(2)15(17)18-3/h8,10-13H,4-7H2,1-3H3. The predicted molar refractivity (Wildman–Crippen MR) is 68.9 cm³/mol. The molecule has 4 unspecified atom stereocenters. The van der Waals surface area contributed by atoms with E-state index in [1.807, 2.05) is 6.92 Å². The molecule has 1 fully saturated rings. The molecule has 0 amide bonds. The van der Waals surface area contributed by atoms with Crippen molar-refractivity contribution in [3.8, 4) is 0 Å². The SMILES string of the molecule is COC(=O)C(C)C1CCC(=O)C2CCC(C)=CC21. The number of allylic oxidation sites excluding steroid dienone is 2. The van der Waals surface area contributed by atoms with Crippen LogP contribution < -0.4 is 0 Å². The second kappa shape index (κ2) is 5.25. The molecule has 1 saturated carbocycles. The molecular formula is C15H22O3. The third kappa shape index (κ3) is 2.36. The van der Waals surface area contributed by atoms with Crippen molar-refractivity contribution in [2.45, 2.75) is 39.5 Å². The third-order valence-corrected chi connectivity index (χ3v) is 4.64. The summed E-state index contributed by atoms with van der Waals surface area (Å²) in [6.45, 7) is 4.05. The van der Waals surface area contributed by atoms with Crippen molar-refractivity contribution in [2.24, 2.45) is 23.7 Å². The van der Waals surface area contributed by atoms with Crippen LogP contribution in [0.2, 0.25) is 0 Å². The maximum absolute atomic E-state index is 12.0. The first-order chi connectivity index (χ1) is 8.54. The van der Waals surface area contributed by atoms with Crippen LogP contribution in [0.25, 0.3) is 0 Å². The Morgan fingerprint density at radius 2 is 2.11 bits per heavy atom. The molecule has 0 aromatic carbocycles. The first-order valence-electron chi connectivity index (χ1n) is 6.82. The van der Waals surface area contributed by atoms with Gasteiger partial charge >= 0.3 is 5.97 Å². The molecule has 0 saturated heterocycles. The number of ketones is 1. The molecule has 0 heterocycles. The van der Waals surface area contributed by atoms with Crippen molar-refractivity contribution < 1.29 is 14.3 Å². The highest BCUT2D eigenvalue weighted by Crippen LogP contribution is 2.43. The maximum atomic E-state index is 12.0. The van der Waals surface area contributed by atoms with Crippen LogP contribution in [0.15, 0.2) is 11.6 Å². The second-order valence-electron chi connectivity index (χ2n) is 5.72. The Balaban J connectivity index is 2.22. The molecule has 0 N–H and O–H groups in total. The lowest BCUT2D eigenvalue weighted by molar-refractivity contribution is -0.149. The van der Waals surface area contributed by atoms with E-state index < -0.39 is 0 Å². The Morgan fingerprint density at radius 3 is 2.78 bits per heavy atom. The molecule has 2 aliphatic carbocycles. The Labute approximate surface area is 109 Å². The van der Waals surface area contributed by atoms with E-state index in [2.05, 4.69) is 13.0 Å². The van der Waals surface area contributed by atoms with Crippen LogP contribution in [0, 0.1) is 23.7 Å². The number of rotatable bonds is 2. The van der Waals surface area contributed by atoms with Crippen LogP contribution in [-0.4, -0.2) is 18.9 Å². The zero-order valence-corrected chi connectivity index (χ0v) is 11.4. The smallest absolute Gasteiger partial charge is 0.308 e. The molecule has 2 aliphatic rings. The van der Waals surface area contributed by atoms with E-state index in [-0.39, 0.29) is 29.6 Å². The number of fused-ring (bicyclic) bond motifs is 1. The van der Waals surface area contributed by atoms with E-state index in [9.17, 15) is 9.59 Å². The number of hydrogen-bond donors (Lipinski definition) is 0. The Hall–Kier alpha value is -1.12. The van der Waals surface area contributed by atoms with Crippen molar-refractivity contribution in [1.82, 2.24) is 0 Å². The average molecular weight is 250 g/mol. The Morgan fingerprint density at radius 1 is 1.39 bits per heavy atom. The van der Waals surface area contributed by atoms with E-state index in [0.717, 1.165) is 19.3 Å². The minimum absolute atomic E-state index is 0.113. The predicted octanol–water partition coefficient (Wildman–Crippen LogP) is 2.75. The van der Waals surface area contributed by atoms with Crippen molar-refractivity contribution in [1.29, 1.82) is 0 Å². The number of methoxy groups -OCH3 is 1. The summed E-state index contributed by atoms with van der Waals surface area (Å²) in [7, 11) is 1.44. The monoisotopic (exact) mass is 250 g/mol. The van der Waals surface area contributed by atoms with E-state index >= 15 is 0 Å². The van der Waals surface area contributed by atoms with Crippen molar-refractivity contribution in [3.05, 3.63) is 11.6 Å². The Bertz CT molecular complexity index is 383. The fourth-order valence-corrected chi connectivity index (χ4v) is 3.53. The summed E-state index contributed by atoms with van der Waals surface area (Å²) in [5, 5.41) is 0. The summed E-state index contributed by atoms with van der Waals surface area (Å²) >= 11 is 0. The molecule has 3 heteroatoms. The third-order valence-electron chi connectivity index (χ3n) is 4.64. The number of esters is 1. The molecule has 0 aromatic heterocycles. The van der Waals surface area contributed by atoms with Gasteiger partial charge in [0.1, 0.15) is 5.78 Å². The number of carbonyl (C=O) groups is 2. The molecule has 0 bridgehead atoms. The van der Waals surface area contributed by atoms with Gasteiger partial charge in [-0.2, -0.15) is 0 Å².